The molecular weight excluding hydrogens is 282 g/mol. The van der Waals surface area contributed by atoms with E-state index >= 15 is 0 Å². The Bertz CT molecular complexity index is 800. The third-order valence-corrected chi connectivity index (χ3v) is 4.32. The average Bonchev–Trinajstić information content (AvgIpc) is 2.54. The second kappa shape index (κ2) is 5.75. The van der Waals surface area contributed by atoms with Gasteiger partial charge in [-0.3, -0.25) is 9.59 Å². The average molecular weight is 299 g/mol. The van der Waals surface area contributed by atoms with Gasteiger partial charge in [0.15, 0.2) is 0 Å². The first-order valence-corrected chi connectivity index (χ1v) is 7.52. The van der Waals surface area contributed by atoms with E-state index in [0.29, 0.717) is 10.9 Å². The van der Waals surface area contributed by atoms with Crippen LogP contribution in [0.25, 0.3) is 10.9 Å². The predicted molar refractivity (Wildman–Crippen MR) is 82.4 cm³/mol. The van der Waals surface area contributed by atoms with Crippen LogP contribution < -0.4 is 5.56 Å². The molecule has 1 aliphatic rings. The number of hydrogen-bond acceptors (Lipinski definition) is 3. The zero-order chi connectivity index (χ0) is 15.7. The number of rotatable bonds is 2. The fourth-order valence-electron chi connectivity index (χ4n) is 3.16. The number of para-hydroxylation sites is 1. The van der Waals surface area contributed by atoms with E-state index in [2.05, 4.69) is 0 Å². The van der Waals surface area contributed by atoms with Gasteiger partial charge in [0.25, 0.3) is 5.56 Å². The molecule has 22 heavy (non-hydrogen) atoms. The van der Waals surface area contributed by atoms with Crippen molar-refractivity contribution in [2.45, 2.75) is 32.1 Å². The molecule has 2 aromatic rings. The molecule has 5 heteroatoms. The number of fused-ring (bicyclic) bond motifs is 1. The monoisotopic (exact) mass is 299 g/mol. The molecule has 5 nitrogen and oxygen atoms in total. The van der Waals surface area contributed by atoms with Crippen LogP contribution in [0.1, 0.15) is 47.3 Å². The number of benzene rings is 1. The van der Waals surface area contributed by atoms with E-state index in [1.807, 2.05) is 0 Å². The first-order valence-electron chi connectivity index (χ1n) is 7.52. The second-order valence-electron chi connectivity index (χ2n) is 5.74. The summed E-state index contributed by atoms with van der Waals surface area (Å²) >= 11 is 0. The van der Waals surface area contributed by atoms with Crippen LogP contribution in [0, 0.1) is 5.92 Å². The number of aromatic nitrogens is 1. The highest BCUT2D eigenvalue weighted by molar-refractivity contribution is 5.97. The van der Waals surface area contributed by atoms with Crippen LogP contribution in [0.4, 0.5) is 0 Å². The Morgan fingerprint density at radius 3 is 2.45 bits per heavy atom. The minimum atomic E-state index is -1.30. The van der Waals surface area contributed by atoms with Crippen LogP contribution in [0.2, 0.25) is 0 Å². The number of pyridine rings is 1. The fourth-order valence-corrected chi connectivity index (χ4v) is 3.16. The highest BCUT2D eigenvalue weighted by atomic mass is 16.4. The zero-order valence-corrected chi connectivity index (χ0v) is 12.1. The van der Waals surface area contributed by atoms with Gasteiger partial charge < -0.3 is 5.11 Å². The van der Waals surface area contributed by atoms with Crippen molar-refractivity contribution in [3.63, 3.8) is 0 Å². The van der Waals surface area contributed by atoms with Gasteiger partial charge in [0, 0.05) is 5.92 Å². The van der Waals surface area contributed by atoms with Gasteiger partial charge >= 0.3 is 5.97 Å². The number of carbonyl (C=O) groups excluding carboxylic acids is 1. The van der Waals surface area contributed by atoms with Gasteiger partial charge in [-0.1, -0.05) is 37.5 Å². The van der Waals surface area contributed by atoms with Gasteiger partial charge in [-0.2, -0.15) is 0 Å². The summed E-state index contributed by atoms with van der Waals surface area (Å²) in [6.45, 7) is 0. The number of carboxylic acids is 1. The van der Waals surface area contributed by atoms with Crippen LogP contribution >= 0.6 is 0 Å². The van der Waals surface area contributed by atoms with E-state index in [1.54, 1.807) is 24.3 Å². The second-order valence-corrected chi connectivity index (χ2v) is 5.74. The Balaban J connectivity index is 2.22. The summed E-state index contributed by atoms with van der Waals surface area (Å²) in [7, 11) is 0. The highest BCUT2D eigenvalue weighted by Gasteiger charge is 2.26. The van der Waals surface area contributed by atoms with Gasteiger partial charge in [0.1, 0.15) is 5.56 Å². The maximum atomic E-state index is 12.8. The maximum absolute atomic E-state index is 12.8. The lowest BCUT2D eigenvalue weighted by molar-refractivity contribution is 0.0694. The van der Waals surface area contributed by atoms with Gasteiger partial charge in [-0.15, -0.1) is 0 Å². The molecule has 0 radical (unpaired) electrons. The Labute approximate surface area is 127 Å². The molecule has 0 aliphatic heterocycles. The summed E-state index contributed by atoms with van der Waals surface area (Å²) in [6, 6.07) is 8.24. The molecule has 0 amide bonds. The molecule has 114 valence electrons. The number of carbonyl (C=O) groups is 2. The molecule has 0 bridgehead atoms. The Kier molecular flexibility index (Phi) is 3.79. The molecule has 1 fully saturated rings. The zero-order valence-electron chi connectivity index (χ0n) is 12.1. The van der Waals surface area contributed by atoms with Gasteiger partial charge in [-0.05, 0) is 30.4 Å². The van der Waals surface area contributed by atoms with Crippen LogP contribution in [-0.4, -0.2) is 21.6 Å². The van der Waals surface area contributed by atoms with Gasteiger partial charge in [0.05, 0.1) is 5.52 Å². The topological polar surface area (TPSA) is 76.4 Å². The molecule has 1 N–H and O–H groups in total. The van der Waals surface area contributed by atoms with Crippen LogP contribution in [0.15, 0.2) is 35.1 Å². The first-order chi connectivity index (χ1) is 10.6. The maximum Gasteiger partial charge on any atom is 0.341 e. The van der Waals surface area contributed by atoms with E-state index in [9.17, 15) is 19.5 Å². The Hall–Kier alpha value is -2.43. The van der Waals surface area contributed by atoms with E-state index < -0.39 is 11.5 Å². The third kappa shape index (κ3) is 2.43. The highest BCUT2D eigenvalue weighted by Crippen LogP contribution is 2.26. The van der Waals surface area contributed by atoms with Crippen molar-refractivity contribution in [2.75, 3.05) is 0 Å². The quantitative estimate of drug-likeness (QED) is 0.925. The molecule has 3 rings (SSSR count). The van der Waals surface area contributed by atoms with Crippen molar-refractivity contribution < 1.29 is 14.7 Å². The lowest BCUT2D eigenvalue weighted by atomic mass is 9.88. The molecule has 1 heterocycles. The van der Waals surface area contributed by atoms with E-state index in [0.717, 1.165) is 36.7 Å². The molecule has 0 unspecified atom stereocenters. The minimum Gasteiger partial charge on any atom is -0.477 e. The molecule has 1 saturated carbocycles. The van der Waals surface area contributed by atoms with Gasteiger partial charge in [0.2, 0.25) is 5.91 Å². The van der Waals surface area contributed by atoms with Crippen molar-refractivity contribution in [3.8, 4) is 0 Å². The number of aromatic carboxylic acids is 1. The summed E-state index contributed by atoms with van der Waals surface area (Å²) in [5.74, 6) is -1.77. The SMILES string of the molecule is O=C(O)c1cc2ccccc2n(C(=O)C2CCCCC2)c1=O. The minimum absolute atomic E-state index is 0.195. The lowest BCUT2D eigenvalue weighted by Crippen LogP contribution is -2.35. The number of hydrogen-bond donors (Lipinski definition) is 1. The summed E-state index contributed by atoms with van der Waals surface area (Å²) in [6.07, 6.45) is 4.58. The van der Waals surface area contributed by atoms with Crippen molar-refractivity contribution in [1.29, 1.82) is 0 Å². The third-order valence-electron chi connectivity index (χ3n) is 4.32. The predicted octanol–water partition coefficient (Wildman–Crippen LogP) is 2.92. The molecule has 0 spiro atoms. The molecule has 1 aromatic carbocycles. The van der Waals surface area contributed by atoms with Crippen molar-refractivity contribution >= 4 is 22.8 Å². The first kappa shape index (κ1) is 14.5. The fraction of sp³-hybridized carbons (Fsp3) is 0.353. The molecule has 1 aliphatic carbocycles. The standard InChI is InChI=1S/C17H17NO4/c19-15(11-6-2-1-3-7-11)18-14-9-5-4-8-12(14)10-13(16(18)20)17(21)22/h4-5,8-11H,1-3,6-7H2,(H,21,22). The Morgan fingerprint density at radius 1 is 1.09 bits per heavy atom. The summed E-state index contributed by atoms with van der Waals surface area (Å²) in [4.78, 5) is 36.5. The van der Waals surface area contributed by atoms with Crippen LogP contribution in [0.3, 0.4) is 0 Å². The van der Waals surface area contributed by atoms with Crippen molar-refractivity contribution in [1.82, 2.24) is 4.57 Å². The molecule has 0 atom stereocenters. The van der Waals surface area contributed by atoms with Crippen molar-refractivity contribution in [3.05, 3.63) is 46.2 Å². The Morgan fingerprint density at radius 2 is 1.77 bits per heavy atom. The van der Waals surface area contributed by atoms with Crippen LogP contribution in [-0.2, 0) is 0 Å². The van der Waals surface area contributed by atoms with Crippen molar-refractivity contribution in [2.24, 2.45) is 5.92 Å². The smallest absolute Gasteiger partial charge is 0.341 e. The molecule has 0 saturated heterocycles. The normalized spacial score (nSPS) is 15.8. The summed E-state index contributed by atoms with van der Waals surface area (Å²) in [5, 5.41) is 9.80. The van der Waals surface area contributed by atoms with Gasteiger partial charge in [-0.25, -0.2) is 9.36 Å². The van der Waals surface area contributed by atoms with E-state index in [-0.39, 0.29) is 17.4 Å². The van der Waals surface area contributed by atoms with Crippen LogP contribution in [0.5, 0.6) is 0 Å². The number of carboxylic acid groups (broad SMARTS) is 1. The number of nitrogens with zero attached hydrogens (tertiary/aromatic N) is 1. The largest absolute Gasteiger partial charge is 0.477 e. The van der Waals surface area contributed by atoms with E-state index in [1.165, 1.54) is 6.07 Å². The summed E-state index contributed by atoms with van der Waals surface area (Å²) in [5.41, 5.74) is -0.613. The van der Waals surface area contributed by atoms with E-state index in [4.69, 9.17) is 0 Å². The lowest BCUT2D eigenvalue weighted by Gasteiger charge is -2.22. The summed E-state index contributed by atoms with van der Waals surface area (Å²) < 4.78 is 1.06. The molecule has 1 aromatic heterocycles. The molecular formula is C17H17NO4.